The zero-order chi connectivity index (χ0) is 10.9. The average Bonchev–Trinajstić information content (AvgIpc) is 2.22. The van der Waals surface area contributed by atoms with Crippen molar-refractivity contribution in [3.8, 4) is 0 Å². The molecule has 0 aliphatic carbocycles. The smallest absolute Gasteiger partial charge is 0.146 e. The summed E-state index contributed by atoms with van der Waals surface area (Å²) in [6.45, 7) is 8.33. The number of hydrogen-bond donors (Lipinski definition) is 0. The zero-order valence-electron chi connectivity index (χ0n) is 10.1. The SMILES string of the molecule is C=CCC(CCCC)(CCCC)O[SiH3]. The van der Waals surface area contributed by atoms with Crippen molar-refractivity contribution in [3.63, 3.8) is 0 Å². The van der Waals surface area contributed by atoms with E-state index < -0.39 is 0 Å². The van der Waals surface area contributed by atoms with Crippen LogP contribution in [0.1, 0.15) is 58.8 Å². The van der Waals surface area contributed by atoms with Crippen molar-refractivity contribution >= 4 is 10.5 Å². The maximum absolute atomic E-state index is 5.85. The average molecular weight is 214 g/mol. The first-order valence-electron chi connectivity index (χ1n) is 5.90. The van der Waals surface area contributed by atoms with Gasteiger partial charge in [0.05, 0.1) is 5.60 Å². The van der Waals surface area contributed by atoms with Crippen molar-refractivity contribution < 1.29 is 4.43 Å². The van der Waals surface area contributed by atoms with Crippen LogP contribution < -0.4 is 0 Å². The third-order valence-corrected chi connectivity index (χ3v) is 3.79. The van der Waals surface area contributed by atoms with E-state index in [9.17, 15) is 0 Å². The Kier molecular flexibility index (Phi) is 8.19. The van der Waals surface area contributed by atoms with Gasteiger partial charge in [-0.15, -0.1) is 6.58 Å². The normalized spacial score (nSPS) is 11.9. The molecule has 0 rings (SSSR count). The maximum atomic E-state index is 5.85. The summed E-state index contributed by atoms with van der Waals surface area (Å²) in [6, 6.07) is 0. The quantitative estimate of drug-likeness (QED) is 0.423. The van der Waals surface area contributed by atoms with E-state index in [1.54, 1.807) is 0 Å². The Balaban J connectivity index is 4.17. The van der Waals surface area contributed by atoms with Gasteiger partial charge in [-0.2, -0.15) is 0 Å². The van der Waals surface area contributed by atoms with Gasteiger partial charge in [-0.1, -0.05) is 45.6 Å². The topological polar surface area (TPSA) is 9.23 Å². The van der Waals surface area contributed by atoms with E-state index in [-0.39, 0.29) is 5.60 Å². The number of rotatable bonds is 9. The van der Waals surface area contributed by atoms with Gasteiger partial charge >= 0.3 is 0 Å². The van der Waals surface area contributed by atoms with Crippen LogP contribution in [0.5, 0.6) is 0 Å². The van der Waals surface area contributed by atoms with E-state index in [1.165, 1.54) is 38.5 Å². The largest absolute Gasteiger partial charge is 0.422 e. The van der Waals surface area contributed by atoms with E-state index in [0.717, 1.165) is 16.9 Å². The third kappa shape index (κ3) is 4.96. The second-order valence-electron chi connectivity index (χ2n) is 4.09. The zero-order valence-corrected chi connectivity index (χ0v) is 12.1. The molecule has 0 radical (unpaired) electrons. The lowest BCUT2D eigenvalue weighted by Gasteiger charge is -2.32. The predicted molar refractivity (Wildman–Crippen MR) is 67.6 cm³/mol. The fourth-order valence-corrected chi connectivity index (χ4v) is 2.45. The molecule has 0 aliphatic heterocycles. The lowest BCUT2D eigenvalue weighted by Crippen LogP contribution is -2.31. The summed E-state index contributed by atoms with van der Waals surface area (Å²) >= 11 is 0. The van der Waals surface area contributed by atoms with Crippen molar-refractivity contribution in [1.82, 2.24) is 0 Å². The van der Waals surface area contributed by atoms with Crippen molar-refractivity contribution in [1.29, 1.82) is 0 Å². The van der Waals surface area contributed by atoms with Crippen LogP contribution in [0.3, 0.4) is 0 Å². The lowest BCUT2D eigenvalue weighted by atomic mass is 9.88. The van der Waals surface area contributed by atoms with Crippen LogP contribution in [0.25, 0.3) is 0 Å². The molecular weight excluding hydrogens is 188 g/mol. The van der Waals surface area contributed by atoms with Crippen molar-refractivity contribution in [3.05, 3.63) is 12.7 Å². The molecule has 84 valence electrons. The second-order valence-corrected chi connectivity index (χ2v) is 4.50. The molecule has 0 spiro atoms. The minimum atomic E-state index is 0.139. The molecule has 0 amide bonds. The van der Waals surface area contributed by atoms with Crippen molar-refractivity contribution in [2.24, 2.45) is 0 Å². The van der Waals surface area contributed by atoms with Gasteiger partial charge in [0.25, 0.3) is 0 Å². The molecule has 0 atom stereocenters. The van der Waals surface area contributed by atoms with E-state index >= 15 is 0 Å². The van der Waals surface area contributed by atoms with Gasteiger partial charge in [0.15, 0.2) is 0 Å². The van der Waals surface area contributed by atoms with Crippen LogP contribution in [0.15, 0.2) is 12.7 Å². The Morgan fingerprint density at radius 2 is 1.71 bits per heavy atom. The standard InChI is InChI=1S/C12H26OSi/c1-4-7-10-12(13-14,9-6-3)11-8-5-2/h6H,3-5,7-11H2,1-2,14H3. The summed E-state index contributed by atoms with van der Waals surface area (Å²) in [5.41, 5.74) is 0.139. The van der Waals surface area contributed by atoms with Gasteiger partial charge < -0.3 is 4.43 Å². The molecule has 0 unspecified atom stereocenters. The van der Waals surface area contributed by atoms with Gasteiger partial charge in [-0.3, -0.25) is 0 Å². The molecule has 0 saturated heterocycles. The highest BCUT2D eigenvalue weighted by molar-refractivity contribution is 5.98. The molecule has 2 heteroatoms. The van der Waals surface area contributed by atoms with Crippen molar-refractivity contribution in [2.45, 2.75) is 64.4 Å². The van der Waals surface area contributed by atoms with E-state index in [0.29, 0.717) is 0 Å². The van der Waals surface area contributed by atoms with Gasteiger partial charge in [0.1, 0.15) is 10.5 Å². The molecule has 0 saturated carbocycles. The molecule has 1 nitrogen and oxygen atoms in total. The molecule has 0 aromatic rings. The van der Waals surface area contributed by atoms with Crippen LogP contribution in [0, 0.1) is 0 Å². The number of hydrogen-bond acceptors (Lipinski definition) is 1. The van der Waals surface area contributed by atoms with Crippen molar-refractivity contribution in [2.75, 3.05) is 0 Å². The fourth-order valence-electron chi connectivity index (χ4n) is 1.88. The van der Waals surface area contributed by atoms with Gasteiger partial charge in [-0.25, -0.2) is 0 Å². The molecule has 0 aliphatic rings. The highest BCUT2D eigenvalue weighted by Gasteiger charge is 2.25. The summed E-state index contributed by atoms with van der Waals surface area (Å²) < 4.78 is 5.85. The molecule has 0 fully saturated rings. The van der Waals surface area contributed by atoms with E-state index in [2.05, 4.69) is 20.4 Å². The predicted octanol–water partition coefficient (Wildman–Crippen LogP) is 2.98. The monoisotopic (exact) mass is 214 g/mol. The van der Waals surface area contributed by atoms with Gasteiger partial charge in [0, 0.05) is 0 Å². The first kappa shape index (κ1) is 13.9. The minimum Gasteiger partial charge on any atom is -0.422 e. The van der Waals surface area contributed by atoms with Crippen LogP contribution in [-0.4, -0.2) is 16.1 Å². The Labute approximate surface area is 92.5 Å². The Hall–Kier alpha value is -0.0831. The molecule has 0 bridgehead atoms. The van der Waals surface area contributed by atoms with E-state index in [1.807, 2.05) is 6.08 Å². The fraction of sp³-hybridized carbons (Fsp3) is 0.833. The summed E-state index contributed by atoms with van der Waals surface area (Å²) in [6.07, 6.45) is 10.5. The molecule has 0 aromatic carbocycles. The highest BCUT2D eigenvalue weighted by atomic mass is 28.2. The second kappa shape index (κ2) is 8.24. The highest BCUT2D eigenvalue weighted by Crippen LogP contribution is 2.28. The number of unbranched alkanes of at least 4 members (excludes halogenated alkanes) is 2. The molecule has 0 heterocycles. The maximum Gasteiger partial charge on any atom is 0.146 e. The first-order chi connectivity index (χ1) is 6.74. The van der Waals surface area contributed by atoms with E-state index in [4.69, 9.17) is 4.43 Å². The Morgan fingerprint density at radius 3 is 2.00 bits per heavy atom. The molecule has 0 aromatic heterocycles. The molecule has 14 heavy (non-hydrogen) atoms. The minimum absolute atomic E-state index is 0.139. The van der Waals surface area contributed by atoms with Crippen LogP contribution in [0.2, 0.25) is 0 Å². The van der Waals surface area contributed by atoms with Crippen LogP contribution in [-0.2, 0) is 4.43 Å². The third-order valence-electron chi connectivity index (χ3n) is 2.92. The summed E-state index contributed by atoms with van der Waals surface area (Å²) in [5, 5.41) is 0. The van der Waals surface area contributed by atoms with Gasteiger partial charge in [-0.05, 0) is 19.3 Å². The Bertz CT molecular complexity index is 137. The summed E-state index contributed by atoms with van der Waals surface area (Å²) in [5.74, 6) is 0. The molecular formula is C12H26OSi. The molecule has 0 N–H and O–H groups in total. The first-order valence-corrected chi connectivity index (χ1v) is 6.72. The summed E-state index contributed by atoms with van der Waals surface area (Å²) in [7, 11) is 0.846. The van der Waals surface area contributed by atoms with Crippen LogP contribution >= 0.6 is 0 Å². The summed E-state index contributed by atoms with van der Waals surface area (Å²) in [4.78, 5) is 0. The lowest BCUT2D eigenvalue weighted by molar-refractivity contribution is 0.0585. The Morgan fingerprint density at radius 1 is 1.21 bits per heavy atom. The van der Waals surface area contributed by atoms with Crippen LogP contribution in [0.4, 0.5) is 0 Å². The van der Waals surface area contributed by atoms with Gasteiger partial charge in [0.2, 0.25) is 0 Å².